The molecule has 10 heteroatoms. The van der Waals surface area contributed by atoms with Gasteiger partial charge in [0.25, 0.3) is 0 Å². The van der Waals surface area contributed by atoms with Gasteiger partial charge in [0.05, 0.1) is 31.2 Å². The van der Waals surface area contributed by atoms with Gasteiger partial charge >= 0.3 is 23.9 Å². The highest BCUT2D eigenvalue weighted by molar-refractivity contribution is 5.76. The Morgan fingerprint density at radius 1 is 0.696 bits per heavy atom. The van der Waals surface area contributed by atoms with Crippen molar-refractivity contribution in [3.63, 3.8) is 0 Å². The molecule has 0 radical (unpaired) electrons. The highest BCUT2D eigenvalue weighted by Crippen LogP contribution is 2.56. The molecule has 0 aromatic carbocycles. The Bertz CT molecular complexity index is 532. The van der Waals surface area contributed by atoms with Gasteiger partial charge in [-0.2, -0.15) is 0 Å². The molecule has 0 saturated heterocycles. The quantitative estimate of drug-likeness (QED) is 0.322. The topological polar surface area (TPSA) is 201 Å². The SMILES string of the molecule is NC1(CC(=O)O)CCC(CC(=O)O)(CC(=O)O)C1(N)CC(=O)O. The molecule has 1 aliphatic rings. The van der Waals surface area contributed by atoms with Crippen molar-refractivity contribution in [3.8, 4) is 0 Å². The van der Waals surface area contributed by atoms with Crippen molar-refractivity contribution in [2.75, 3.05) is 0 Å². The first-order valence-corrected chi connectivity index (χ1v) is 6.82. The first-order chi connectivity index (χ1) is 10.4. The number of nitrogens with two attached hydrogens (primary N) is 2. The van der Waals surface area contributed by atoms with E-state index in [0.717, 1.165) is 0 Å². The number of carboxylic acids is 4. The first-order valence-electron chi connectivity index (χ1n) is 6.82. The van der Waals surface area contributed by atoms with Crippen LogP contribution < -0.4 is 11.5 Å². The lowest BCUT2D eigenvalue weighted by molar-refractivity contribution is -0.151. The Labute approximate surface area is 131 Å². The molecule has 10 nitrogen and oxygen atoms in total. The van der Waals surface area contributed by atoms with Gasteiger partial charge in [-0.25, -0.2) is 0 Å². The normalized spacial score (nSPS) is 29.1. The van der Waals surface area contributed by atoms with Crippen molar-refractivity contribution in [2.24, 2.45) is 16.9 Å². The third-order valence-electron chi connectivity index (χ3n) is 4.76. The predicted molar refractivity (Wildman–Crippen MR) is 74.5 cm³/mol. The number of hydrogen-bond donors (Lipinski definition) is 6. The molecule has 1 rings (SSSR count). The number of carboxylic acid groups (broad SMARTS) is 4. The standard InChI is InChI=1S/C13H20N2O8/c14-12(5-9(20)21)2-1-11(3-7(16)17,4-8(18)19)13(12,15)6-10(22)23/h1-6,14-15H2,(H,16,17)(H,18,19)(H,20,21)(H,22,23). The van der Waals surface area contributed by atoms with Crippen molar-refractivity contribution in [1.82, 2.24) is 0 Å². The fourth-order valence-electron chi connectivity index (χ4n) is 3.69. The average molecular weight is 332 g/mol. The third-order valence-corrected chi connectivity index (χ3v) is 4.76. The second-order valence-electron chi connectivity index (χ2n) is 6.19. The molecule has 1 aliphatic carbocycles. The maximum absolute atomic E-state index is 11.2. The van der Waals surface area contributed by atoms with E-state index in [2.05, 4.69) is 0 Å². The maximum Gasteiger partial charge on any atom is 0.305 e. The maximum atomic E-state index is 11.2. The van der Waals surface area contributed by atoms with Crippen LogP contribution in [0.15, 0.2) is 0 Å². The van der Waals surface area contributed by atoms with Crippen molar-refractivity contribution in [3.05, 3.63) is 0 Å². The summed E-state index contributed by atoms with van der Waals surface area (Å²) in [5, 5.41) is 36.4. The van der Waals surface area contributed by atoms with Gasteiger partial charge in [-0.15, -0.1) is 0 Å². The van der Waals surface area contributed by atoms with Crippen molar-refractivity contribution >= 4 is 23.9 Å². The summed E-state index contributed by atoms with van der Waals surface area (Å²) in [6, 6.07) is 0. The van der Waals surface area contributed by atoms with E-state index in [4.69, 9.17) is 31.9 Å². The second-order valence-corrected chi connectivity index (χ2v) is 6.19. The average Bonchev–Trinajstić information content (AvgIpc) is 2.48. The molecule has 23 heavy (non-hydrogen) atoms. The molecule has 0 spiro atoms. The van der Waals surface area contributed by atoms with Crippen molar-refractivity contribution in [2.45, 2.75) is 49.6 Å². The Morgan fingerprint density at radius 2 is 1.09 bits per heavy atom. The van der Waals surface area contributed by atoms with Gasteiger partial charge in [-0.1, -0.05) is 0 Å². The van der Waals surface area contributed by atoms with Crippen LogP contribution in [0.4, 0.5) is 0 Å². The summed E-state index contributed by atoms with van der Waals surface area (Å²) in [5.41, 5.74) is 6.87. The largest absolute Gasteiger partial charge is 0.481 e. The summed E-state index contributed by atoms with van der Waals surface area (Å²) in [7, 11) is 0. The molecule has 0 aromatic heterocycles. The van der Waals surface area contributed by atoms with Crippen LogP contribution in [0.5, 0.6) is 0 Å². The molecule has 0 aliphatic heterocycles. The number of rotatable bonds is 8. The van der Waals surface area contributed by atoms with E-state index in [9.17, 15) is 19.2 Å². The smallest absolute Gasteiger partial charge is 0.305 e. The summed E-state index contributed by atoms with van der Waals surface area (Å²) >= 11 is 0. The highest BCUT2D eigenvalue weighted by Gasteiger charge is 2.66. The van der Waals surface area contributed by atoms with Crippen LogP contribution in [-0.4, -0.2) is 55.4 Å². The highest BCUT2D eigenvalue weighted by atomic mass is 16.4. The molecule has 0 aromatic rings. The van der Waals surface area contributed by atoms with E-state index in [0.29, 0.717) is 0 Å². The molecular formula is C13H20N2O8. The molecule has 0 amide bonds. The minimum absolute atomic E-state index is 0.0797. The summed E-state index contributed by atoms with van der Waals surface area (Å²) in [4.78, 5) is 44.7. The second kappa shape index (κ2) is 6.13. The minimum atomic E-state index is -1.99. The van der Waals surface area contributed by atoms with Crippen LogP contribution in [0.3, 0.4) is 0 Å². The lowest BCUT2D eigenvalue weighted by Crippen LogP contribution is -2.70. The van der Waals surface area contributed by atoms with E-state index < -0.39 is 66.1 Å². The summed E-state index contributed by atoms with van der Waals surface area (Å²) in [5.74, 6) is -5.44. The van der Waals surface area contributed by atoms with Crippen LogP contribution in [0, 0.1) is 5.41 Å². The zero-order valence-electron chi connectivity index (χ0n) is 12.3. The van der Waals surface area contributed by atoms with Gasteiger partial charge < -0.3 is 31.9 Å². The van der Waals surface area contributed by atoms with Crippen molar-refractivity contribution in [1.29, 1.82) is 0 Å². The molecule has 2 atom stereocenters. The van der Waals surface area contributed by atoms with Crippen molar-refractivity contribution < 1.29 is 39.6 Å². The first kappa shape index (κ1) is 18.8. The molecule has 130 valence electrons. The minimum Gasteiger partial charge on any atom is -0.481 e. The fraction of sp³-hybridized carbons (Fsp3) is 0.692. The van der Waals surface area contributed by atoms with Gasteiger partial charge in [0.2, 0.25) is 0 Å². The van der Waals surface area contributed by atoms with Gasteiger partial charge in [-0.3, -0.25) is 19.2 Å². The number of carbonyl (C=O) groups is 4. The number of aliphatic carboxylic acids is 4. The van der Waals surface area contributed by atoms with Crippen LogP contribution in [-0.2, 0) is 19.2 Å². The summed E-state index contributed by atoms with van der Waals surface area (Å²) in [6.07, 6.45) is -3.08. The molecule has 2 unspecified atom stereocenters. The van der Waals surface area contributed by atoms with Crippen LogP contribution in [0.25, 0.3) is 0 Å². The Kier molecular flexibility index (Phi) is 5.02. The summed E-state index contributed by atoms with van der Waals surface area (Å²) in [6.45, 7) is 0. The van der Waals surface area contributed by atoms with E-state index >= 15 is 0 Å². The molecular weight excluding hydrogens is 312 g/mol. The van der Waals surface area contributed by atoms with E-state index in [1.54, 1.807) is 0 Å². The molecule has 1 saturated carbocycles. The van der Waals surface area contributed by atoms with Gasteiger partial charge in [0, 0.05) is 11.0 Å². The monoisotopic (exact) mass is 332 g/mol. The third kappa shape index (κ3) is 3.42. The lowest BCUT2D eigenvalue weighted by Gasteiger charge is -2.48. The van der Waals surface area contributed by atoms with Crippen LogP contribution >= 0.6 is 0 Å². The molecule has 0 heterocycles. The van der Waals surface area contributed by atoms with Crippen LogP contribution in [0.2, 0.25) is 0 Å². The Hall–Kier alpha value is -2.20. The zero-order chi connectivity index (χ0) is 18.1. The van der Waals surface area contributed by atoms with E-state index in [1.165, 1.54) is 0 Å². The van der Waals surface area contributed by atoms with Crippen LogP contribution in [0.1, 0.15) is 38.5 Å². The summed E-state index contributed by atoms with van der Waals surface area (Å²) < 4.78 is 0. The van der Waals surface area contributed by atoms with Gasteiger partial charge in [0.1, 0.15) is 0 Å². The molecule has 1 fully saturated rings. The molecule has 0 bridgehead atoms. The zero-order valence-corrected chi connectivity index (χ0v) is 12.3. The predicted octanol–water partition coefficient (Wildman–Crippen LogP) is -0.940. The number of hydrogen-bond acceptors (Lipinski definition) is 6. The fourth-order valence-corrected chi connectivity index (χ4v) is 3.69. The van der Waals surface area contributed by atoms with E-state index in [-0.39, 0.29) is 12.8 Å². The van der Waals surface area contributed by atoms with Gasteiger partial charge in [-0.05, 0) is 12.8 Å². The molecule has 8 N–H and O–H groups in total. The van der Waals surface area contributed by atoms with E-state index in [1.807, 2.05) is 0 Å². The Balaban J connectivity index is 3.47. The van der Waals surface area contributed by atoms with Gasteiger partial charge in [0.15, 0.2) is 0 Å². The lowest BCUT2D eigenvalue weighted by atomic mass is 9.61. The Morgan fingerprint density at radius 3 is 1.43 bits per heavy atom.